The first-order valence-corrected chi connectivity index (χ1v) is 7.35. The topological polar surface area (TPSA) is 12.0 Å². The summed E-state index contributed by atoms with van der Waals surface area (Å²) in [5.41, 5.74) is 3.52. The van der Waals surface area contributed by atoms with Gasteiger partial charge in [0.2, 0.25) is 0 Å². The van der Waals surface area contributed by atoms with Crippen LogP contribution in [0.25, 0.3) is 0 Å². The second-order valence-electron chi connectivity index (χ2n) is 5.12. The zero-order chi connectivity index (χ0) is 14.3. The molecule has 0 bridgehead atoms. The van der Waals surface area contributed by atoms with Crippen molar-refractivity contribution >= 4 is 21.6 Å². The Morgan fingerprint density at radius 1 is 1.20 bits per heavy atom. The molecule has 3 rings (SSSR count). The van der Waals surface area contributed by atoms with Gasteiger partial charge in [-0.15, -0.1) is 0 Å². The fraction of sp³-hybridized carbons (Fsp3) is 0.250. The van der Waals surface area contributed by atoms with E-state index in [4.69, 9.17) is 0 Å². The molecule has 0 saturated carbocycles. The van der Waals surface area contributed by atoms with Gasteiger partial charge in [0.25, 0.3) is 0 Å². The molecule has 1 N–H and O–H groups in total. The highest BCUT2D eigenvalue weighted by atomic mass is 79.9. The van der Waals surface area contributed by atoms with Gasteiger partial charge in [-0.3, -0.25) is 0 Å². The van der Waals surface area contributed by atoms with Crippen LogP contribution >= 0.6 is 15.9 Å². The van der Waals surface area contributed by atoms with Gasteiger partial charge < -0.3 is 5.32 Å². The minimum absolute atomic E-state index is 0.0803. The minimum Gasteiger partial charge on any atom is -0.378 e. The predicted molar refractivity (Wildman–Crippen MR) is 79.9 cm³/mol. The lowest BCUT2D eigenvalue weighted by Gasteiger charge is -2.18. The first kappa shape index (κ1) is 13.6. The van der Waals surface area contributed by atoms with Crippen molar-refractivity contribution in [3.63, 3.8) is 0 Å². The molecule has 4 heteroatoms. The van der Waals surface area contributed by atoms with Crippen molar-refractivity contribution < 1.29 is 8.78 Å². The van der Waals surface area contributed by atoms with Gasteiger partial charge in [-0.2, -0.15) is 0 Å². The molecule has 1 nitrogen and oxygen atoms in total. The lowest BCUT2D eigenvalue weighted by Crippen LogP contribution is -2.08. The van der Waals surface area contributed by atoms with Crippen molar-refractivity contribution in [1.82, 2.24) is 0 Å². The highest BCUT2D eigenvalue weighted by Crippen LogP contribution is 2.36. The van der Waals surface area contributed by atoms with Crippen LogP contribution in [0.3, 0.4) is 0 Å². The number of anilines is 1. The largest absolute Gasteiger partial charge is 0.378 e. The molecule has 1 aliphatic rings. The highest BCUT2D eigenvalue weighted by Gasteiger charge is 2.25. The van der Waals surface area contributed by atoms with E-state index in [1.807, 2.05) is 13.0 Å². The average molecular weight is 338 g/mol. The summed E-state index contributed by atoms with van der Waals surface area (Å²) in [6.45, 7) is 1.86. The van der Waals surface area contributed by atoms with E-state index in [-0.39, 0.29) is 17.7 Å². The normalized spacial score (nSPS) is 17.1. The summed E-state index contributed by atoms with van der Waals surface area (Å²) in [5, 5.41) is 3.40. The van der Waals surface area contributed by atoms with Crippen LogP contribution < -0.4 is 5.32 Å². The smallest absolute Gasteiger partial charge is 0.137 e. The summed E-state index contributed by atoms with van der Waals surface area (Å²) in [4.78, 5) is 0. The predicted octanol–water partition coefficient (Wildman–Crippen LogP) is 5.14. The number of fused-ring (bicyclic) bond motifs is 1. The van der Waals surface area contributed by atoms with Crippen LogP contribution in [0, 0.1) is 18.6 Å². The molecule has 2 aromatic rings. The molecule has 0 radical (unpaired) electrons. The van der Waals surface area contributed by atoms with E-state index in [0.717, 1.165) is 35.2 Å². The molecule has 1 aliphatic carbocycles. The van der Waals surface area contributed by atoms with Gasteiger partial charge in [0.1, 0.15) is 11.6 Å². The van der Waals surface area contributed by atoms with E-state index in [9.17, 15) is 8.78 Å². The quantitative estimate of drug-likeness (QED) is 0.800. The van der Waals surface area contributed by atoms with Gasteiger partial charge in [0, 0.05) is 5.69 Å². The Labute approximate surface area is 125 Å². The molecule has 104 valence electrons. The maximum absolute atomic E-state index is 13.7. The number of nitrogens with one attached hydrogen (secondary N) is 1. The van der Waals surface area contributed by atoms with E-state index in [2.05, 4.69) is 21.2 Å². The van der Waals surface area contributed by atoms with Crippen LogP contribution in [0.4, 0.5) is 14.5 Å². The first-order valence-electron chi connectivity index (χ1n) is 6.55. The second kappa shape index (κ2) is 5.17. The van der Waals surface area contributed by atoms with Gasteiger partial charge in [0.05, 0.1) is 10.5 Å². The number of halogens is 3. The Morgan fingerprint density at radius 2 is 2.00 bits per heavy atom. The number of rotatable bonds is 2. The first-order chi connectivity index (χ1) is 9.56. The molecule has 0 aliphatic heterocycles. The van der Waals surface area contributed by atoms with Crippen molar-refractivity contribution in [3.05, 3.63) is 63.1 Å². The third kappa shape index (κ3) is 2.33. The van der Waals surface area contributed by atoms with Crippen LogP contribution in [0.2, 0.25) is 0 Å². The van der Waals surface area contributed by atoms with Gasteiger partial charge in [0.15, 0.2) is 0 Å². The van der Waals surface area contributed by atoms with E-state index < -0.39 is 0 Å². The van der Waals surface area contributed by atoms with Crippen LogP contribution in [-0.2, 0) is 6.42 Å². The van der Waals surface area contributed by atoms with E-state index >= 15 is 0 Å². The number of benzene rings is 2. The Morgan fingerprint density at radius 3 is 2.80 bits per heavy atom. The zero-order valence-corrected chi connectivity index (χ0v) is 12.6. The molecule has 1 atom stereocenters. The van der Waals surface area contributed by atoms with Gasteiger partial charge in [-0.05, 0) is 70.6 Å². The van der Waals surface area contributed by atoms with Crippen molar-refractivity contribution in [1.29, 1.82) is 0 Å². The van der Waals surface area contributed by atoms with E-state index in [0.29, 0.717) is 4.47 Å². The molecular formula is C16H14BrF2N. The van der Waals surface area contributed by atoms with E-state index in [1.165, 1.54) is 12.1 Å². The van der Waals surface area contributed by atoms with Crippen molar-refractivity contribution in [2.24, 2.45) is 0 Å². The van der Waals surface area contributed by atoms with Crippen molar-refractivity contribution in [2.45, 2.75) is 25.8 Å². The molecule has 0 saturated heterocycles. The third-order valence-corrected chi connectivity index (χ3v) is 4.42. The summed E-state index contributed by atoms with van der Waals surface area (Å²) < 4.78 is 27.6. The summed E-state index contributed by atoms with van der Waals surface area (Å²) in [7, 11) is 0. The summed E-state index contributed by atoms with van der Waals surface area (Å²) in [6, 6.07) is 8.51. The van der Waals surface area contributed by atoms with Crippen LogP contribution in [0.5, 0.6) is 0 Å². The fourth-order valence-electron chi connectivity index (χ4n) is 2.75. The lowest BCUT2D eigenvalue weighted by atomic mass is 10.1. The maximum atomic E-state index is 13.7. The number of hydrogen-bond donors (Lipinski definition) is 1. The van der Waals surface area contributed by atoms with E-state index in [1.54, 1.807) is 12.1 Å². The molecule has 0 heterocycles. The SMILES string of the molecule is Cc1cc(F)c(Br)cc1NC1CCc2c(F)cccc21. The third-order valence-electron chi connectivity index (χ3n) is 3.81. The Balaban J connectivity index is 1.91. The van der Waals surface area contributed by atoms with Gasteiger partial charge in [-0.25, -0.2) is 8.78 Å². The molecule has 0 aromatic heterocycles. The maximum Gasteiger partial charge on any atom is 0.137 e. The second-order valence-corrected chi connectivity index (χ2v) is 5.98. The number of aryl methyl sites for hydroxylation is 1. The Hall–Kier alpha value is -1.42. The zero-order valence-electron chi connectivity index (χ0n) is 11.0. The van der Waals surface area contributed by atoms with Crippen LogP contribution in [0.15, 0.2) is 34.8 Å². The molecule has 0 amide bonds. The highest BCUT2D eigenvalue weighted by molar-refractivity contribution is 9.10. The molecule has 1 unspecified atom stereocenters. The van der Waals surface area contributed by atoms with Crippen molar-refractivity contribution in [2.75, 3.05) is 5.32 Å². The lowest BCUT2D eigenvalue weighted by molar-refractivity contribution is 0.612. The molecule has 20 heavy (non-hydrogen) atoms. The number of hydrogen-bond acceptors (Lipinski definition) is 1. The average Bonchev–Trinajstić information content (AvgIpc) is 2.81. The minimum atomic E-state index is -0.272. The molecule has 2 aromatic carbocycles. The van der Waals surface area contributed by atoms with Gasteiger partial charge in [-0.1, -0.05) is 12.1 Å². The molecule has 0 spiro atoms. The summed E-state index contributed by atoms with van der Waals surface area (Å²) in [5.74, 6) is -0.408. The molecular weight excluding hydrogens is 324 g/mol. The summed E-state index contributed by atoms with van der Waals surface area (Å²) in [6.07, 6.45) is 1.59. The van der Waals surface area contributed by atoms with Gasteiger partial charge >= 0.3 is 0 Å². The standard InChI is InChI=1S/C16H14BrF2N/c1-9-7-14(19)12(17)8-16(9)20-15-6-5-10-11(15)3-2-4-13(10)18/h2-4,7-8,15,20H,5-6H2,1H3. The van der Waals surface area contributed by atoms with Crippen molar-refractivity contribution in [3.8, 4) is 0 Å². The Bertz CT molecular complexity index is 670. The monoisotopic (exact) mass is 337 g/mol. The Kier molecular flexibility index (Phi) is 3.50. The van der Waals surface area contributed by atoms with Crippen LogP contribution in [-0.4, -0.2) is 0 Å². The summed E-state index contributed by atoms with van der Waals surface area (Å²) >= 11 is 3.20. The molecule has 0 fully saturated rings. The van der Waals surface area contributed by atoms with Crippen LogP contribution in [0.1, 0.15) is 29.2 Å². The fourth-order valence-corrected chi connectivity index (χ4v) is 3.09.